The topological polar surface area (TPSA) is 58.9 Å². The molecule has 0 fully saturated rings. The molecule has 1 N–H and O–H groups in total. The van der Waals surface area contributed by atoms with Crippen LogP contribution in [0.5, 0.6) is 5.75 Å². The Morgan fingerprint density at radius 2 is 2.08 bits per heavy atom. The first-order valence-electron chi connectivity index (χ1n) is 3.78. The highest BCUT2D eigenvalue weighted by Gasteiger charge is 1.92. The van der Waals surface area contributed by atoms with Gasteiger partial charge >= 0.3 is 0 Å². The Morgan fingerprint density at radius 1 is 1.38 bits per heavy atom. The van der Waals surface area contributed by atoms with E-state index in [4.69, 9.17) is 9.84 Å². The molecule has 0 radical (unpaired) electrons. The molecule has 0 amide bonds. The van der Waals surface area contributed by atoms with Crippen molar-refractivity contribution in [3.05, 3.63) is 24.3 Å². The lowest BCUT2D eigenvalue weighted by atomic mass is 10.3. The van der Waals surface area contributed by atoms with Gasteiger partial charge in [0, 0.05) is 0 Å². The van der Waals surface area contributed by atoms with Gasteiger partial charge in [0.25, 0.3) is 0 Å². The number of hydrogen-bond donors (Lipinski definition) is 1. The molecule has 1 aromatic rings. The number of hydrogen-bond acceptors (Lipinski definition) is 4. The largest absolute Gasteiger partial charge is 0.491 e. The first-order chi connectivity index (χ1) is 6.36. The highest BCUT2D eigenvalue weighted by molar-refractivity contribution is 5.49. The lowest BCUT2D eigenvalue weighted by Crippen LogP contribution is -2.00. The fraction of sp³-hybridized carbons (Fsp3) is 0.222. The van der Waals surface area contributed by atoms with Gasteiger partial charge in [0.1, 0.15) is 12.4 Å². The third-order valence-electron chi connectivity index (χ3n) is 1.37. The van der Waals surface area contributed by atoms with E-state index in [0.29, 0.717) is 11.4 Å². The van der Waals surface area contributed by atoms with Gasteiger partial charge in [-0.3, -0.25) is 0 Å². The molecule has 1 rings (SSSR count). The molecule has 0 unspecified atom stereocenters. The van der Waals surface area contributed by atoms with E-state index in [-0.39, 0.29) is 13.2 Å². The SMILES string of the molecule is O=C=Nc1ccc(OCCO)cc1. The maximum absolute atomic E-state index is 9.88. The average Bonchev–Trinajstić information content (AvgIpc) is 2.17. The van der Waals surface area contributed by atoms with Gasteiger partial charge in [-0.15, -0.1) is 0 Å². The van der Waals surface area contributed by atoms with Gasteiger partial charge in [-0.1, -0.05) is 0 Å². The van der Waals surface area contributed by atoms with Crippen LogP contribution in [0.15, 0.2) is 29.3 Å². The van der Waals surface area contributed by atoms with Crippen LogP contribution in [-0.2, 0) is 4.79 Å². The lowest BCUT2D eigenvalue weighted by molar-refractivity contribution is 0.201. The molecule has 0 saturated heterocycles. The van der Waals surface area contributed by atoms with Crippen LogP contribution in [0.2, 0.25) is 0 Å². The Morgan fingerprint density at radius 3 is 2.62 bits per heavy atom. The van der Waals surface area contributed by atoms with E-state index in [1.807, 2.05) is 0 Å². The number of aliphatic hydroxyl groups is 1. The van der Waals surface area contributed by atoms with Crippen LogP contribution in [-0.4, -0.2) is 24.4 Å². The van der Waals surface area contributed by atoms with E-state index in [0.717, 1.165) is 0 Å². The van der Waals surface area contributed by atoms with Gasteiger partial charge in [-0.2, -0.15) is 4.99 Å². The number of carbonyl (C=O) groups excluding carboxylic acids is 1. The van der Waals surface area contributed by atoms with Crippen LogP contribution in [0.4, 0.5) is 5.69 Å². The monoisotopic (exact) mass is 179 g/mol. The summed E-state index contributed by atoms with van der Waals surface area (Å²) in [5.41, 5.74) is 0.534. The fourth-order valence-electron chi connectivity index (χ4n) is 0.833. The Bertz CT molecular complexity index is 301. The number of nitrogens with zero attached hydrogens (tertiary/aromatic N) is 1. The second-order valence-electron chi connectivity index (χ2n) is 2.27. The second kappa shape index (κ2) is 5.09. The lowest BCUT2D eigenvalue weighted by Gasteiger charge is -2.02. The number of aliphatic hydroxyl groups excluding tert-OH is 1. The first-order valence-corrected chi connectivity index (χ1v) is 3.78. The quantitative estimate of drug-likeness (QED) is 0.554. The highest BCUT2D eigenvalue weighted by Crippen LogP contribution is 2.17. The van der Waals surface area contributed by atoms with Crippen molar-refractivity contribution in [3.63, 3.8) is 0 Å². The van der Waals surface area contributed by atoms with Crippen molar-refractivity contribution in [2.75, 3.05) is 13.2 Å². The third kappa shape index (κ3) is 3.07. The number of benzene rings is 1. The Kier molecular flexibility index (Phi) is 3.70. The van der Waals surface area contributed by atoms with E-state index < -0.39 is 0 Å². The number of isocyanates is 1. The summed E-state index contributed by atoms with van der Waals surface area (Å²) in [5.74, 6) is 0.638. The Labute approximate surface area is 75.5 Å². The van der Waals surface area contributed by atoms with Gasteiger partial charge in [-0.05, 0) is 24.3 Å². The van der Waals surface area contributed by atoms with Gasteiger partial charge in [0.05, 0.1) is 12.3 Å². The zero-order chi connectivity index (χ0) is 9.52. The summed E-state index contributed by atoms with van der Waals surface area (Å²) in [6.45, 7) is 0.241. The zero-order valence-electron chi connectivity index (χ0n) is 6.93. The van der Waals surface area contributed by atoms with Crippen LogP contribution in [0.25, 0.3) is 0 Å². The molecule has 13 heavy (non-hydrogen) atoms. The molecular formula is C9H9NO3. The van der Waals surface area contributed by atoms with Crippen LogP contribution < -0.4 is 4.74 Å². The van der Waals surface area contributed by atoms with E-state index in [9.17, 15) is 4.79 Å². The van der Waals surface area contributed by atoms with E-state index in [2.05, 4.69) is 4.99 Å². The Hall–Kier alpha value is -1.64. The minimum atomic E-state index is -0.0196. The molecule has 0 aliphatic heterocycles. The summed E-state index contributed by atoms with van der Waals surface area (Å²) in [5, 5.41) is 8.47. The van der Waals surface area contributed by atoms with Crippen LogP contribution >= 0.6 is 0 Å². The van der Waals surface area contributed by atoms with Crippen molar-refractivity contribution < 1.29 is 14.6 Å². The van der Waals surface area contributed by atoms with E-state index >= 15 is 0 Å². The molecule has 4 nitrogen and oxygen atoms in total. The van der Waals surface area contributed by atoms with Crippen molar-refractivity contribution in [1.29, 1.82) is 0 Å². The zero-order valence-corrected chi connectivity index (χ0v) is 6.93. The van der Waals surface area contributed by atoms with Crippen molar-refractivity contribution >= 4 is 11.8 Å². The molecule has 0 heterocycles. The van der Waals surface area contributed by atoms with Crippen LogP contribution in [0.1, 0.15) is 0 Å². The summed E-state index contributed by atoms with van der Waals surface area (Å²) < 4.78 is 5.10. The molecule has 4 heteroatoms. The van der Waals surface area contributed by atoms with Crippen molar-refractivity contribution in [2.24, 2.45) is 4.99 Å². The number of rotatable bonds is 4. The minimum absolute atomic E-state index is 0.0196. The molecule has 0 saturated carbocycles. The average molecular weight is 179 g/mol. The summed E-state index contributed by atoms with van der Waals surface area (Å²) >= 11 is 0. The fourth-order valence-corrected chi connectivity index (χ4v) is 0.833. The molecule has 1 aromatic carbocycles. The maximum atomic E-state index is 9.88. The third-order valence-corrected chi connectivity index (χ3v) is 1.37. The molecule has 0 spiro atoms. The maximum Gasteiger partial charge on any atom is 0.240 e. The van der Waals surface area contributed by atoms with E-state index in [1.54, 1.807) is 24.3 Å². The number of aliphatic imine (C=N–C) groups is 1. The van der Waals surface area contributed by atoms with Gasteiger partial charge in [0.15, 0.2) is 0 Å². The van der Waals surface area contributed by atoms with E-state index in [1.165, 1.54) is 6.08 Å². The van der Waals surface area contributed by atoms with Crippen LogP contribution in [0.3, 0.4) is 0 Å². The van der Waals surface area contributed by atoms with Gasteiger partial charge in [-0.25, -0.2) is 4.79 Å². The van der Waals surface area contributed by atoms with Crippen LogP contribution in [0, 0.1) is 0 Å². The van der Waals surface area contributed by atoms with Crippen molar-refractivity contribution in [2.45, 2.75) is 0 Å². The normalized spacial score (nSPS) is 9.00. The molecule has 0 aliphatic carbocycles. The highest BCUT2D eigenvalue weighted by atomic mass is 16.5. The molecule has 0 aliphatic rings. The summed E-state index contributed by atoms with van der Waals surface area (Å²) in [7, 11) is 0. The minimum Gasteiger partial charge on any atom is -0.491 e. The van der Waals surface area contributed by atoms with Crippen molar-refractivity contribution in [3.8, 4) is 5.75 Å². The summed E-state index contributed by atoms with van der Waals surface area (Å²) in [6.07, 6.45) is 1.44. The number of ether oxygens (including phenoxy) is 1. The van der Waals surface area contributed by atoms with Gasteiger partial charge < -0.3 is 9.84 Å². The molecule has 0 atom stereocenters. The molecular weight excluding hydrogens is 170 g/mol. The summed E-state index contributed by atoms with van der Waals surface area (Å²) in [4.78, 5) is 13.3. The second-order valence-corrected chi connectivity index (χ2v) is 2.27. The standard InChI is InChI=1S/C9H9NO3/c11-5-6-13-9-3-1-8(2-4-9)10-7-12/h1-4,11H,5-6H2. The predicted molar refractivity (Wildman–Crippen MR) is 46.8 cm³/mol. The summed E-state index contributed by atoms with van der Waals surface area (Å²) in [6, 6.07) is 6.62. The molecule has 0 aromatic heterocycles. The predicted octanol–water partition coefficient (Wildman–Crippen LogP) is 1.02. The van der Waals surface area contributed by atoms with Gasteiger partial charge in [0.2, 0.25) is 6.08 Å². The molecule has 0 bridgehead atoms. The van der Waals surface area contributed by atoms with Crippen molar-refractivity contribution in [1.82, 2.24) is 0 Å². The Balaban J connectivity index is 2.63. The first kappa shape index (κ1) is 9.45. The smallest absolute Gasteiger partial charge is 0.240 e. The molecule has 68 valence electrons.